The molecular formula is C15H10F3N2O3-. The second-order valence-corrected chi connectivity index (χ2v) is 4.36. The van der Waals surface area contributed by atoms with Crippen molar-refractivity contribution >= 4 is 17.9 Å². The summed E-state index contributed by atoms with van der Waals surface area (Å²) in [5, 5.41) is 14.6. The predicted molar refractivity (Wildman–Crippen MR) is 75.1 cm³/mol. The van der Waals surface area contributed by atoms with Crippen LogP contribution in [0.4, 0.5) is 18.9 Å². The van der Waals surface area contributed by atoms with E-state index in [1.54, 1.807) is 6.07 Å². The molecule has 0 aliphatic rings. The van der Waals surface area contributed by atoms with Crippen LogP contribution in [0.2, 0.25) is 0 Å². The molecular weight excluding hydrogens is 313 g/mol. The van der Waals surface area contributed by atoms with E-state index in [1.807, 2.05) is 0 Å². The van der Waals surface area contributed by atoms with Crippen LogP contribution in [-0.2, 0) is 0 Å². The summed E-state index contributed by atoms with van der Waals surface area (Å²) in [6.45, 7) is 0. The molecule has 120 valence electrons. The molecule has 2 aromatic carbocycles. The average molecular weight is 323 g/mol. The molecule has 2 aromatic rings. The smallest absolute Gasteiger partial charge is 0.545 e. The molecule has 0 unspecified atom stereocenters. The van der Waals surface area contributed by atoms with Crippen LogP contribution >= 0.6 is 0 Å². The van der Waals surface area contributed by atoms with Gasteiger partial charge in [0.25, 0.3) is 0 Å². The number of carboxylic acids is 1. The lowest BCUT2D eigenvalue weighted by Crippen LogP contribution is -2.22. The van der Waals surface area contributed by atoms with E-state index < -0.39 is 12.3 Å². The molecule has 0 aromatic heterocycles. The number of nitrogens with zero attached hydrogens (tertiary/aromatic N) is 1. The normalized spacial score (nSPS) is 11.4. The SMILES string of the molecule is O=C([O-])c1cccc(N/N=C\c2ccc(OC(F)(F)F)cc2)c1. The van der Waals surface area contributed by atoms with Crippen molar-refractivity contribution in [1.82, 2.24) is 0 Å². The van der Waals surface area contributed by atoms with E-state index >= 15 is 0 Å². The first kappa shape index (κ1) is 16.3. The van der Waals surface area contributed by atoms with Crippen molar-refractivity contribution in [3.8, 4) is 5.75 Å². The molecule has 0 aliphatic carbocycles. The molecule has 0 atom stereocenters. The minimum atomic E-state index is -4.73. The topological polar surface area (TPSA) is 73.8 Å². The highest BCUT2D eigenvalue weighted by Gasteiger charge is 2.30. The first-order valence-electron chi connectivity index (χ1n) is 6.30. The highest BCUT2D eigenvalue weighted by Crippen LogP contribution is 2.22. The predicted octanol–water partition coefficient (Wildman–Crippen LogP) is 2.39. The van der Waals surface area contributed by atoms with Gasteiger partial charge >= 0.3 is 6.36 Å². The summed E-state index contributed by atoms with van der Waals surface area (Å²) in [6.07, 6.45) is -3.37. The third kappa shape index (κ3) is 5.34. The van der Waals surface area contributed by atoms with Crippen molar-refractivity contribution in [3.63, 3.8) is 0 Å². The fourth-order valence-corrected chi connectivity index (χ4v) is 1.65. The Balaban J connectivity index is 1.98. The zero-order valence-electron chi connectivity index (χ0n) is 11.5. The van der Waals surface area contributed by atoms with Gasteiger partial charge in [-0.25, -0.2) is 0 Å². The summed E-state index contributed by atoms with van der Waals surface area (Å²) in [7, 11) is 0. The van der Waals surface area contributed by atoms with Gasteiger partial charge in [0.15, 0.2) is 0 Å². The number of aromatic carboxylic acids is 1. The van der Waals surface area contributed by atoms with Crippen molar-refractivity contribution in [2.45, 2.75) is 6.36 Å². The Morgan fingerprint density at radius 3 is 2.48 bits per heavy atom. The average Bonchev–Trinajstić information content (AvgIpc) is 2.48. The van der Waals surface area contributed by atoms with Crippen LogP contribution < -0.4 is 15.3 Å². The van der Waals surface area contributed by atoms with Crippen LogP contribution in [0.3, 0.4) is 0 Å². The monoisotopic (exact) mass is 323 g/mol. The number of alkyl halides is 3. The van der Waals surface area contributed by atoms with E-state index in [1.165, 1.54) is 36.5 Å². The lowest BCUT2D eigenvalue weighted by molar-refractivity contribution is -0.274. The van der Waals surface area contributed by atoms with Gasteiger partial charge in [0, 0.05) is 0 Å². The zero-order chi connectivity index (χ0) is 16.9. The number of hydrazone groups is 1. The molecule has 0 heterocycles. The molecule has 23 heavy (non-hydrogen) atoms. The molecule has 5 nitrogen and oxygen atoms in total. The number of hydrogen-bond acceptors (Lipinski definition) is 5. The van der Waals surface area contributed by atoms with Crippen molar-refractivity contribution < 1.29 is 27.8 Å². The fraction of sp³-hybridized carbons (Fsp3) is 0.0667. The van der Waals surface area contributed by atoms with E-state index in [4.69, 9.17) is 0 Å². The Hall–Kier alpha value is -3.03. The van der Waals surface area contributed by atoms with E-state index in [0.717, 1.165) is 12.1 Å². The van der Waals surface area contributed by atoms with Crippen LogP contribution in [0.1, 0.15) is 15.9 Å². The third-order valence-corrected chi connectivity index (χ3v) is 2.62. The van der Waals surface area contributed by atoms with Gasteiger partial charge in [0.1, 0.15) is 5.75 Å². The molecule has 0 amide bonds. The van der Waals surface area contributed by atoms with Gasteiger partial charge in [-0.05, 0) is 47.5 Å². The number of carbonyl (C=O) groups excluding carboxylic acids is 1. The summed E-state index contributed by atoms with van der Waals surface area (Å²) in [4.78, 5) is 10.7. The number of benzene rings is 2. The summed E-state index contributed by atoms with van der Waals surface area (Å²) in [5.74, 6) is -1.64. The highest BCUT2D eigenvalue weighted by atomic mass is 19.4. The third-order valence-electron chi connectivity index (χ3n) is 2.62. The highest BCUT2D eigenvalue weighted by molar-refractivity contribution is 5.87. The van der Waals surface area contributed by atoms with Crippen LogP contribution in [0.25, 0.3) is 0 Å². The molecule has 0 radical (unpaired) electrons. The number of carbonyl (C=O) groups is 1. The Morgan fingerprint density at radius 1 is 1.17 bits per heavy atom. The number of rotatable bonds is 5. The van der Waals surface area contributed by atoms with Crippen molar-refractivity contribution in [2.75, 3.05) is 5.43 Å². The summed E-state index contributed by atoms with van der Waals surface area (Å²) in [6, 6.07) is 10.9. The fourth-order valence-electron chi connectivity index (χ4n) is 1.65. The van der Waals surface area contributed by atoms with Gasteiger partial charge in [-0.1, -0.05) is 12.1 Å². The molecule has 0 aliphatic heterocycles. The Kier molecular flexibility index (Phi) is 4.85. The second kappa shape index (κ2) is 6.82. The zero-order valence-corrected chi connectivity index (χ0v) is 11.5. The Morgan fingerprint density at radius 2 is 1.87 bits per heavy atom. The lowest BCUT2D eigenvalue weighted by Gasteiger charge is -2.08. The maximum absolute atomic E-state index is 12.0. The van der Waals surface area contributed by atoms with Crippen LogP contribution in [0.5, 0.6) is 5.75 Å². The van der Waals surface area contributed by atoms with Gasteiger partial charge in [-0.15, -0.1) is 13.2 Å². The molecule has 0 bridgehead atoms. The Bertz CT molecular complexity index is 713. The van der Waals surface area contributed by atoms with Gasteiger partial charge in [-0.3, -0.25) is 5.43 Å². The van der Waals surface area contributed by atoms with Crippen LogP contribution in [0.15, 0.2) is 53.6 Å². The number of hydrogen-bond donors (Lipinski definition) is 1. The minimum Gasteiger partial charge on any atom is -0.545 e. The van der Waals surface area contributed by atoms with E-state index in [9.17, 15) is 23.1 Å². The first-order valence-corrected chi connectivity index (χ1v) is 6.30. The molecule has 2 rings (SSSR count). The first-order chi connectivity index (χ1) is 10.8. The molecule has 1 N–H and O–H groups in total. The lowest BCUT2D eigenvalue weighted by atomic mass is 10.2. The van der Waals surface area contributed by atoms with Gasteiger partial charge in [0.05, 0.1) is 17.9 Å². The number of halogens is 3. The summed E-state index contributed by atoms with van der Waals surface area (Å²) in [5.41, 5.74) is 3.57. The molecule has 0 saturated carbocycles. The van der Waals surface area contributed by atoms with E-state index in [2.05, 4.69) is 15.3 Å². The second-order valence-electron chi connectivity index (χ2n) is 4.36. The minimum absolute atomic E-state index is 0.00106. The standard InChI is InChI=1S/C15H11F3N2O3/c16-15(17,18)23-13-6-4-10(5-7-13)9-19-20-12-3-1-2-11(8-12)14(21)22/h1-9,20H,(H,21,22)/p-1/b19-9-. The number of ether oxygens (including phenoxy) is 1. The van der Waals surface area contributed by atoms with E-state index in [0.29, 0.717) is 11.3 Å². The van der Waals surface area contributed by atoms with Gasteiger partial charge in [0.2, 0.25) is 0 Å². The van der Waals surface area contributed by atoms with Crippen molar-refractivity contribution in [1.29, 1.82) is 0 Å². The quantitative estimate of drug-likeness (QED) is 0.677. The van der Waals surface area contributed by atoms with E-state index in [-0.39, 0.29) is 11.3 Å². The van der Waals surface area contributed by atoms with Crippen molar-refractivity contribution in [3.05, 3.63) is 59.7 Å². The number of nitrogens with one attached hydrogen (secondary N) is 1. The van der Waals surface area contributed by atoms with Gasteiger partial charge in [-0.2, -0.15) is 5.10 Å². The van der Waals surface area contributed by atoms with Crippen LogP contribution in [0, 0.1) is 0 Å². The maximum Gasteiger partial charge on any atom is 0.573 e. The number of carboxylic acid groups (broad SMARTS) is 1. The largest absolute Gasteiger partial charge is 0.573 e. The summed E-state index contributed by atoms with van der Waals surface area (Å²) < 4.78 is 39.8. The van der Waals surface area contributed by atoms with Gasteiger partial charge < -0.3 is 14.6 Å². The van der Waals surface area contributed by atoms with Crippen molar-refractivity contribution in [2.24, 2.45) is 5.10 Å². The molecule has 0 saturated heterocycles. The molecule has 0 spiro atoms. The maximum atomic E-state index is 12.0. The number of anilines is 1. The Labute approximate surface area is 129 Å². The van der Waals surface area contributed by atoms with Crippen LogP contribution in [-0.4, -0.2) is 18.5 Å². The molecule has 8 heteroatoms. The summed E-state index contributed by atoms with van der Waals surface area (Å²) >= 11 is 0. The molecule has 0 fully saturated rings.